The van der Waals surface area contributed by atoms with E-state index >= 15 is 0 Å². The van der Waals surface area contributed by atoms with E-state index in [9.17, 15) is 4.79 Å². The summed E-state index contributed by atoms with van der Waals surface area (Å²) < 4.78 is 1.72. The fourth-order valence-electron chi connectivity index (χ4n) is 3.27. The van der Waals surface area contributed by atoms with Crippen molar-refractivity contribution >= 4 is 10.9 Å². The van der Waals surface area contributed by atoms with Gasteiger partial charge in [0.05, 0.1) is 23.1 Å². The molecule has 4 heterocycles. The van der Waals surface area contributed by atoms with Crippen molar-refractivity contribution in [1.29, 1.82) is 0 Å². The zero-order chi connectivity index (χ0) is 18.9. The van der Waals surface area contributed by atoms with E-state index in [1.54, 1.807) is 53.9 Å². The highest BCUT2D eigenvalue weighted by atomic mass is 16.1. The Morgan fingerprint density at radius 1 is 0.893 bits per heavy atom. The van der Waals surface area contributed by atoms with E-state index in [1.807, 2.05) is 30.3 Å². The third-order valence-electron chi connectivity index (χ3n) is 4.57. The minimum absolute atomic E-state index is 0.176. The van der Waals surface area contributed by atoms with Crippen LogP contribution in [0.1, 0.15) is 0 Å². The standard InChI is InChI=1S/C21H14N6O/c28-21-16(14-6-10-22-11-7-14)13-24-26-20(21)19-8-12-25-27(19)18-5-1-4-17-15(18)3-2-9-23-17/h1-13H,(H,24,28). The van der Waals surface area contributed by atoms with E-state index in [0.717, 1.165) is 22.2 Å². The highest BCUT2D eigenvalue weighted by molar-refractivity contribution is 5.87. The maximum absolute atomic E-state index is 13.2. The van der Waals surface area contributed by atoms with Crippen molar-refractivity contribution < 1.29 is 0 Å². The van der Waals surface area contributed by atoms with Crippen molar-refractivity contribution in [3.63, 3.8) is 0 Å². The normalized spacial score (nSPS) is 11.0. The zero-order valence-electron chi connectivity index (χ0n) is 14.6. The summed E-state index contributed by atoms with van der Waals surface area (Å²) in [7, 11) is 0. The Kier molecular flexibility index (Phi) is 3.76. The van der Waals surface area contributed by atoms with E-state index in [2.05, 4.69) is 25.3 Å². The van der Waals surface area contributed by atoms with Crippen LogP contribution in [0.4, 0.5) is 0 Å². The number of fused-ring (bicyclic) bond motifs is 1. The molecular weight excluding hydrogens is 352 g/mol. The maximum Gasteiger partial charge on any atom is 0.217 e. The monoisotopic (exact) mass is 366 g/mol. The lowest BCUT2D eigenvalue weighted by atomic mass is 10.1. The minimum atomic E-state index is -0.176. The van der Waals surface area contributed by atoms with Gasteiger partial charge in [0.25, 0.3) is 0 Å². The van der Waals surface area contributed by atoms with Gasteiger partial charge in [0, 0.05) is 35.7 Å². The van der Waals surface area contributed by atoms with Gasteiger partial charge < -0.3 is 0 Å². The summed E-state index contributed by atoms with van der Waals surface area (Å²) in [5.74, 6) is 0. The van der Waals surface area contributed by atoms with E-state index in [-0.39, 0.29) is 5.43 Å². The van der Waals surface area contributed by atoms with Gasteiger partial charge in [-0.2, -0.15) is 10.2 Å². The molecule has 0 unspecified atom stereocenters. The molecule has 4 aromatic heterocycles. The summed E-state index contributed by atoms with van der Waals surface area (Å²) >= 11 is 0. The van der Waals surface area contributed by atoms with E-state index in [4.69, 9.17) is 0 Å². The van der Waals surface area contributed by atoms with Crippen molar-refractivity contribution in [3.05, 3.63) is 89.7 Å². The topological polar surface area (TPSA) is 89.4 Å². The van der Waals surface area contributed by atoms with Crippen molar-refractivity contribution in [1.82, 2.24) is 29.9 Å². The van der Waals surface area contributed by atoms with Crippen LogP contribution in [0.2, 0.25) is 0 Å². The first-order chi connectivity index (χ1) is 13.8. The first kappa shape index (κ1) is 16.1. The summed E-state index contributed by atoms with van der Waals surface area (Å²) in [6.45, 7) is 0. The summed E-state index contributed by atoms with van der Waals surface area (Å²) in [5.41, 5.74) is 3.72. The molecule has 0 radical (unpaired) electrons. The molecule has 5 rings (SSSR count). The van der Waals surface area contributed by atoms with Gasteiger partial charge >= 0.3 is 0 Å². The fourth-order valence-corrected chi connectivity index (χ4v) is 3.27. The second-order valence-electron chi connectivity index (χ2n) is 6.19. The molecule has 5 aromatic rings. The number of rotatable bonds is 3. The number of pyridine rings is 2. The number of benzene rings is 1. The van der Waals surface area contributed by atoms with Gasteiger partial charge in [-0.1, -0.05) is 6.07 Å². The molecule has 0 spiro atoms. The lowest BCUT2D eigenvalue weighted by molar-refractivity contribution is 0.882. The molecule has 0 saturated heterocycles. The Morgan fingerprint density at radius 2 is 1.79 bits per heavy atom. The van der Waals surface area contributed by atoms with Crippen LogP contribution in [0.5, 0.6) is 0 Å². The Hall–Kier alpha value is -4.13. The molecule has 1 N–H and O–H groups in total. The first-order valence-corrected chi connectivity index (χ1v) is 8.70. The van der Waals surface area contributed by atoms with Gasteiger partial charge in [-0.15, -0.1) is 0 Å². The molecular formula is C21H14N6O. The molecule has 0 atom stereocenters. The Labute approximate surface area is 159 Å². The average molecular weight is 366 g/mol. The van der Waals surface area contributed by atoms with Crippen LogP contribution in [0.3, 0.4) is 0 Å². The van der Waals surface area contributed by atoms with E-state index in [0.29, 0.717) is 17.0 Å². The second kappa shape index (κ2) is 6.55. The van der Waals surface area contributed by atoms with Crippen LogP contribution < -0.4 is 5.43 Å². The van der Waals surface area contributed by atoms with Crippen LogP contribution in [0.25, 0.3) is 39.1 Å². The SMILES string of the molecule is O=c1c(-c2ccncc2)c[nH]nc1-c1ccnn1-c1cccc2ncccc12. The average Bonchev–Trinajstić information content (AvgIpc) is 3.23. The Bertz CT molecular complexity index is 1330. The van der Waals surface area contributed by atoms with Crippen molar-refractivity contribution in [3.8, 4) is 28.2 Å². The fraction of sp³-hybridized carbons (Fsp3) is 0. The molecule has 0 aliphatic carbocycles. The summed E-state index contributed by atoms with van der Waals surface area (Å²) in [4.78, 5) is 21.6. The van der Waals surface area contributed by atoms with Crippen molar-refractivity contribution in [2.45, 2.75) is 0 Å². The van der Waals surface area contributed by atoms with Gasteiger partial charge in [0.2, 0.25) is 5.43 Å². The summed E-state index contributed by atoms with van der Waals surface area (Å²) in [5, 5.41) is 12.5. The van der Waals surface area contributed by atoms with Crippen LogP contribution in [-0.2, 0) is 0 Å². The molecule has 0 aliphatic rings. The number of H-pyrrole nitrogens is 1. The predicted octanol–water partition coefficient (Wildman–Crippen LogP) is 3.23. The molecule has 134 valence electrons. The molecule has 0 bridgehead atoms. The summed E-state index contributed by atoms with van der Waals surface area (Å²) in [6, 6.07) is 15.0. The van der Waals surface area contributed by atoms with E-state index < -0.39 is 0 Å². The van der Waals surface area contributed by atoms with Gasteiger partial charge in [-0.3, -0.25) is 19.9 Å². The quantitative estimate of drug-likeness (QED) is 0.529. The van der Waals surface area contributed by atoms with Gasteiger partial charge in [0.1, 0.15) is 0 Å². The number of hydrogen-bond donors (Lipinski definition) is 1. The van der Waals surface area contributed by atoms with Gasteiger partial charge in [-0.25, -0.2) is 4.68 Å². The molecule has 0 fully saturated rings. The molecule has 7 heteroatoms. The second-order valence-corrected chi connectivity index (χ2v) is 6.19. The number of nitrogens with one attached hydrogen (secondary N) is 1. The van der Waals surface area contributed by atoms with Crippen molar-refractivity contribution in [2.75, 3.05) is 0 Å². The summed E-state index contributed by atoms with van der Waals surface area (Å²) in [6.07, 6.45) is 8.32. The Balaban J connectivity index is 1.72. The molecule has 7 nitrogen and oxygen atoms in total. The number of hydrogen-bond acceptors (Lipinski definition) is 5. The van der Waals surface area contributed by atoms with Gasteiger partial charge in [-0.05, 0) is 48.0 Å². The van der Waals surface area contributed by atoms with Crippen LogP contribution in [-0.4, -0.2) is 29.9 Å². The lowest BCUT2D eigenvalue weighted by Gasteiger charge is -2.10. The highest BCUT2D eigenvalue weighted by Crippen LogP contribution is 2.25. The van der Waals surface area contributed by atoms with Crippen LogP contribution >= 0.6 is 0 Å². The Morgan fingerprint density at radius 3 is 2.68 bits per heavy atom. The molecule has 1 aromatic carbocycles. The smallest absolute Gasteiger partial charge is 0.217 e. The maximum atomic E-state index is 13.2. The van der Waals surface area contributed by atoms with E-state index in [1.165, 1.54) is 0 Å². The first-order valence-electron chi connectivity index (χ1n) is 8.70. The lowest BCUT2D eigenvalue weighted by Crippen LogP contribution is -2.14. The van der Waals surface area contributed by atoms with Crippen LogP contribution in [0, 0.1) is 0 Å². The molecule has 0 saturated carbocycles. The molecule has 0 aliphatic heterocycles. The predicted molar refractivity (Wildman–Crippen MR) is 106 cm³/mol. The van der Waals surface area contributed by atoms with Gasteiger partial charge in [0.15, 0.2) is 5.69 Å². The number of nitrogens with zero attached hydrogens (tertiary/aromatic N) is 5. The molecule has 28 heavy (non-hydrogen) atoms. The van der Waals surface area contributed by atoms with Crippen molar-refractivity contribution in [2.24, 2.45) is 0 Å². The van der Waals surface area contributed by atoms with Crippen LogP contribution in [0.15, 0.2) is 84.3 Å². The number of aromatic amines is 1. The zero-order valence-corrected chi connectivity index (χ0v) is 14.6. The molecule has 0 amide bonds. The largest absolute Gasteiger partial charge is 0.287 e. The highest BCUT2D eigenvalue weighted by Gasteiger charge is 2.17. The third-order valence-corrected chi connectivity index (χ3v) is 4.57. The minimum Gasteiger partial charge on any atom is -0.287 e. The third kappa shape index (κ3) is 2.57. The number of aromatic nitrogens is 6.